The third kappa shape index (κ3) is 5.39. The zero-order chi connectivity index (χ0) is 22.2. The van der Waals surface area contributed by atoms with Crippen LogP contribution in [0.2, 0.25) is 0 Å². The normalized spacial score (nSPS) is 21.2. The molecule has 30 heavy (non-hydrogen) atoms. The van der Waals surface area contributed by atoms with E-state index < -0.39 is 5.60 Å². The van der Waals surface area contributed by atoms with Crippen molar-refractivity contribution < 1.29 is 18.8 Å². The number of piperidine rings is 1. The molecule has 6 heteroatoms. The van der Waals surface area contributed by atoms with E-state index in [-0.39, 0.29) is 24.4 Å². The maximum atomic E-state index is 12.2. The first-order valence-electron chi connectivity index (χ1n) is 10.8. The highest BCUT2D eigenvalue weighted by Gasteiger charge is 2.51. The van der Waals surface area contributed by atoms with Crippen molar-refractivity contribution in [1.29, 1.82) is 0 Å². The average Bonchev–Trinajstić information content (AvgIpc) is 2.87. The van der Waals surface area contributed by atoms with E-state index in [2.05, 4.69) is 39.5 Å². The molecule has 5 nitrogen and oxygen atoms in total. The third-order valence-corrected chi connectivity index (χ3v) is 6.00. The molecule has 0 atom stereocenters. The Hall–Kier alpha value is -1.97. The smallest absolute Gasteiger partial charge is 0.444 e. The van der Waals surface area contributed by atoms with Crippen LogP contribution in [0.1, 0.15) is 66.9 Å². The Balaban J connectivity index is 1.54. The van der Waals surface area contributed by atoms with E-state index in [1.54, 1.807) is 4.90 Å². The van der Waals surface area contributed by atoms with Crippen LogP contribution in [0.3, 0.4) is 0 Å². The van der Waals surface area contributed by atoms with Gasteiger partial charge >= 0.3 is 13.2 Å². The predicted molar refractivity (Wildman–Crippen MR) is 120 cm³/mol. The maximum absolute atomic E-state index is 12.2. The van der Waals surface area contributed by atoms with Gasteiger partial charge in [-0.15, -0.1) is 0 Å². The fourth-order valence-corrected chi connectivity index (χ4v) is 3.42. The van der Waals surface area contributed by atoms with Crippen molar-refractivity contribution in [2.45, 2.75) is 78.1 Å². The first kappa shape index (κ1) is 22.7. The SMILES string of the molecule is CC(C)(C)OC(=O)N1CCC(C#Cc2ccc(B3OC(C)(C)C(C)(C)O3)cc2)CC1. The number of hydrogen-bond acceptors (Lipinski definition) is 4. The van der Waals surface area contributed by atoms with Gasteiger partial charge < -0.3 is 18.9 Å². The minimum atomic E-state index is -0.458. The minimum absolute atomic E-state index is 0.229. The minimum Gasteiger partial charge on any atom is -0.444 e. The summed E-state index contributed by atoms with van der Waals surface area (Å²) >= 11 is 0. The second-order valence-electron chi connectivity index (χ2n) is 10.2. The van der Waals surface area contributed by atoms with E-state index in [0.29, 0.717) is 19.0 Å². The lowest BCUT2D eigenvalue weighted by Gasteiger charge is -2.32. The summed E-state index contributed by atoms with van der Waals surface area (Å²) in [4.78, 5) is 13.9. The fourth-order valence-electron chi connectivity index (χ4n) is 3.42. The lowest BCUT2D eigenvalue weighted by atomic mass is 9.79. The number of amides is 1. The van der Waals surface area contributed by atoms with Gasteiger partial charge in [0.1, 0.15) is 5.60 Å². The number of likely N-dealkylation sites (tertiary alicyclic amines) is 1. The van der Waals surface area contributed by atoms with Crippen LogP contribution in [0, 0.1) is 17.8 Å². The Morgan fingerprint density at radius 2 is 1.60 bits per heavy atom. The maximum Gasteiger partial charge on any atom is 0.494 e. The zero-order valence-corrected chi connectivity index (χ0v) is 19.4. The number of ether oxygens (including phenoxy) is 1. The van der Waals surface area contributed by atoms with Gasteiger partial charge in [-0.3, -0.25) is 0 Å². The van der Waals surface area contributed by atoms with Gasteiger partial charge in [0.25, 0.3) is 0 Å². The van der Waals surface area contributed by atoms with Crippen molar-refractivity contribution in [2.24, 2.45) is 5.92 Å². The fraction of sp³-hybridized carbons (Fsp3) is 0.625. The Labute approximate surface area is 181 Å². The molecule has 0 saturated carbocycles. The molecule has 0 unspecified atom stereocenters. The molecular weight excluding hydrogens is 377 g/mol. The molecular formula is C24H34BNO4. The molecule has 1 aromatic carbocycles. The molecule has 0 spiro atoms. The van der Waals surface area contributed by atoms with Gasteiger partial charge in [0, 0.05) is 24.6 Å². The summed E-state index contributed by atoms with van der Waals surface area (Å²) < 4.78 is 17.7. The van der Waals surface area contributed by atoms with E-state index in [0.717, 1.165) is 23.9 Å². The van der Waals surface area contributed by atoms with Crippen LogP contribution in [-0.4, -0.2) is 48.0 Å². The second-order valence-corrected chi connectivity index (χ2v) is 10.2. The van der Waals surface area contributed by atoms with Crippen molar-refractivity contribution in [3.63, 3.8) is 0 Å². The van der Waals surface area contributed by atoms with Gasteiger partial charge in [0.05, 0.1) is 11.2 Å². The summed E-state index contributed by atoms with van der Waals surface area (Å²) in [5.41, 5.74) is 0.837. The van der Waals surface area contributed by atoms with E-state index in [4.69, 9.17) is 14.0 Å². The lowest BCUT2D eigenvalue weighted by molar-refractivity contribution is 0.00578. The van der Waals surface area contributed by atoms with Crippen LogP contribution in [-0.2, 0) is 14.0 Å². The number of carbonyl (C=O) groups excluding carboxylic acids is 1. The van der Waals surface area contributed by atoms with E-state index in [1.807, 2.05) is 45.0 Å². The summed E-state index contributed by atoms with van der Waals surface area (Å²) in [5, 5.41) is 0. The molecule has 2 aliphatic heterocycles. The van der Waals surface area contributed by atoms with Crippen molar-refractivity contribution in [2.75, 3.05) is 13.1 Å². The molecule has 0 aliphatic carbocycles. The van der Waals surface area contributed by atoms with Gasteiger partial charge in [-0.05, 0) is 78.9 Å². The highest BCUT2D eigenvalue weighted by molar-refractivity contribution is 6.62. The first-order chi connectivity index (χ1) is 13.9. The summed E-state index contributed by atoms with van der Waals surface area (Å²) in [5.74, 6) is 6.95. The Morgan fingerprint density at radius 3 is 2.10 bits per heavy atom. The Bertz CT molecular complexity index is 805. The number of hydrogen-bond donors (Lipinski definition) is 0. The van der Waals surface area contributed by atoms with Crippen LogP contribution in [0.25, 0.3) is 0 Å². The van der Waals surface area contributed by atoms with Crippen LogP contribution in [0.5, 0.6) is 0 Å². The highest BCUT2D eigenvalue weighted by atomic mass is 16.7. The summed E-state index contributed by atoms with van der Waals surface area (Å²) in [6.45, 7) is 15.3. The lowest BCUT2D eigenvalue weighted by Crippen LogP contribution is -2.41. The molecule has 0 aromatic heterocycles. The molecule has 2 saturated heterocycles. The quantitative estimate of drug-likeness (QED) is 0.518. The molecule has 2 aliphatic rings. The van der Waals surface area contributed by atoms with Gasteiger partial charge in [0.15, 0.2) is 0 Å². The topological polar surface area (TPSA) is 48.0 Å². The van der Waals surface area contributed by atoms with Crippen LogP contribution < -0.4 is 5.46 Å². The van der Waals surface area contributed by atoms with Crippen molar-refractivity contribution >= 4 is 18.7 Å². The highest BCUT2D eigenvalue weighted by Crippen LogP contribution is 2.36. The molecule has 0 radical (unpaired) electrons. The molecule has 162 valence electrons. The van der Waals surface area contributed by atoms with Gasteiger partial charge in [-0.1, -0.05) is 24.0 Å². The molecule has 0 N–H and O–H groups in total. The Kier molecular flexibility index (Phi) is 6.27. The molecule has 0 bridgehead atoms. The van der Waals surface area contributed by atoms with Gasteiger partial charge in [0.2, 0.25) is 0 Å². The number of carbonyl (C=O) groups is 1. The Morgan fingerprint density at radius 1 is 1.07 bits per heavy atom. The average molecular weight is 411 g/mol. The summed E-state index contributed by atoms with van der Waals surface area (Å²) in [6, 6.07) is 8.08. The second kappa shape index (κ2) is 8.28. The largest absolute Gasteiger partial charge is 0.494 e. The van der Waals surface area contributed by atoms with E-state index in [9.17, 15) is 4.79 Å². The van der Waals surface area contributed by atoms with Crippen LogP contribution in [0.4, 0.5) is 4.79 Å². The third-order valence-electron chi connectivity index (χ3n) is 6.00. The van der Waals surface area contributed by atoms with Gasteiger partial charge in [-0.25, -0.2) is 4.79 Å². The summed E-state index contributed by atoms with van der Waals surface area (Å²) in [7, 11) is -0.353. The standard InChI is InChI=1S/C24H34BNO4/c1-22(2,3)28-21(27)26-16-14-19(15-17-26)9-8-18-10-12-20(13-11-18)25-29-23(4,5)24(6,7)30-25/h10-13,19H,14-17H2,1-7H3. The number of rotatable bonds is 1. The first-order valence-corrected chi connectivity index (χ1v) is 10.8. The molecule has 2 heterocycles. The number of benzene rings is 1. The molecule has 1 amide bonds. The summed E-state index contributed by atoms with van der Waals surface area (Å²) in [6.07, 6.45) is 1.52. The van der Waals surface area contributed by atoms with Crippen LogP contribution >= 0.6 is 0 Å². The van der Waals surface area contributed by atoms with Crippen molar-refractivity contribution in [3.05, 3.63) is 29.8 Å². The predicted octanol–water partition coefficient (Wildman–Crippen LogP) is 3.98. The molecule has 3 rings (SSSR count). The number of nitrogens with zero attached hydrogens (tertiary/aromatic N) is 1. The zero-order valence-electron chi connectivity index (χ0n) is 19.4. The van der Waals surface area contributed by atoms with Crippen molar-refractivity contribution in [1.82, 2.24) is 4.90 Å². The molecule has 2 fully saturated rings. The van der Waals surface area contributed by atoms with Crippen LogP contribution in [0.15, 0.2) is 24.3 Å². The van der Waals surface area contributed by atoms with Gasteiger partial charge in [-0.2, -0.15) is 0 Å². The monoisotopic (exact) mass is 411 g/mol. The van der Waals surface area contributed by atoms with E-state index >= 15 is 0 Å². The van der Waals surface area contributed by atoms with E-state index in [1.165, 1.54) is 0 Å². The molecule has 1 aromatic rings. The van der Waals surface area contributed by atoms with Crippen molar-refractivity contribution in [3.8, 4) is 11.8 Å².